The van der Waals surface area contributed by atoms with Crippen LogP contribution in [0.4, 0.5) is 20.1 Å². The molecule has 9 N–H and O–H groups in total. The highest BCUT2D eigenvalue weighted by molar-refractivity contribution is 5.99. The number of phenolic OH excluding ortho intramolecular Hbond substituents is 1. The maximum atomic E-state index is 13.8. The lowest BCUT2D eigenvalue weighted by Gasteiger charge is -2.26. The van der Waals surface area contributed by atoms with E-state index in [4.69, 9.17) is 15.2 Å². The lowest BCUT2D eigenvalue weighted by molar-refractivity contribution is -0.141. The van der Waals surface area contributed by atoms with Crippen LogP contribution >= 0.6 is 0 Å². The number of fused-ring (bicyclic) bond motifs is 3. The molecule has 6 amide bonds. The fourth-order valence-electron chi connectivity index (χ4n) is 6.86. The van der Waals surface area contributed by atoms with Gasteiger partial charge in [-0.25, -0.2) is 14.4 Å². The molecule has 0 aromatic heterocycles. The number of primary amides is 1. The first kappa shape index (κ1) is 45.4. The number of carbonyl (C=O) groups excluding carboxylic acids is 5. The fourth-order valence-corrected chi connectivity index (χ4v) is 6.86. The van der Waals surface area contributed by atoms with Gasteiger partial charge in [-0.1, -0.05) is 75.4 Å². The summed E-state index contributed by atoms with van der Waals surface area (Å²) in [7, 11) is 0. The predicted molar refractivity (Wildman–Crippen MR) is 221 cm³/mol. The van der Waals surface area contributed by atoms with Crippen molar-refractivity contribution in [3.8, 4) is 16.9 Å². The second-order valence-corrected chi connectivity index (χ2v) is 16.0. The van der Waals surface area contributed by atoms with Crippen LogP contribution in [-0.4, -0.2) is 83.1 Å². The molecule has 0 saturated carbocycles. The lowest BCUT2D eigenvalue weighted by atomic mass is 9.96. The van der Waals surface area contributed by atoms with Crippen molar-refractivity contribution in [3.63, 3.8) is 0 Å². The maximum Gasteiger partial charge on any atom is 0.407 e. The molecule has 0 unspecified atom stereocenters. The molecule has 4 rings (SSSR count). The van der Waals surface area contributed by atoms with Gasteiger partial charge >= 0.3 is 24.2 Å². The number of aliphatic carboxylic acids is 1. The van der Waals surface area contributed by atoms with E-state index in [1.54, 1.807) is 40.7 Å². The number of alkyl carbamates (subject to hydrolysis) is 2. The second-order valence-electron chi connectivity index (χ2n) is 16.0. The molecule has 0 radical (unpaired) electrons. The summed E-state index contributed by atoms with van der Waals surface area (Å²) >= 11 is 0. The van der Waals surface area contributed by atoms with Gasteiger partial charge in [0.25, 0.3) is 0 Å². The third kappa shape index (κ3) is 13.4. The van der Waals surface area contributed by atoms with E-state index in [1.807, 2.05) is 48.5 Å². The summed E-state index contributed by atoms with van der Waals surface area (Å²) in [4.78, 5) is 76.4. The van der Waals surface area contributed by atoms with Crippen LogP contribution in [0.25, 0.3) is 11.1 Å². The number of nitrogens with two attached hydrogens (primary N) is 1. The molecule has 3 aromatic rings. The Morgan fingerprint density at radius 1 is 0.831 bits per heavy atom. The molecule has 0 aliphatic heterocycles. The predicted octanol–water partition coefficient (Wildman–Crippen LogP) is 5.37. The first-order valence-corrected chi connectivity index (χ1v) is 19.6. The fraction of sp³-hybridized carbons (Fsp3) is 0.442. The number of amides is 6. The molecule has 0 spiro atoms. The van der Waals surface area contributed by atoms with E-state index in [2.05, 4.69) is 26.6 Å². The molecule has 0 saturated heterocycles. The number of urea groups is 1. The number of aromatic hydroxyl groups is 1. The van der Waals surface area contributed by atoms with Gasteiger partial charge in [0.1, 0.15) is 30.0 Å². The number of carboxylic acids is 1. The van der Waals surface area contributed by atoms with E-state index in [1.165, 1.54) is 19.1 Å². The third-order valence-corrected chi connectivity index (χ3v) is 9.75. The molecule has 16 nitrogen and oxygen atoms in total. The Morgan fingerprint density at radius 3 is 2.03 bits per heavy atom. The molecule has 1 aliphatic carbocycles. The maximum absolute atomic E-state index is 13.8. The largest absolute Gasteiger partial charge is 0.506 e. The topological polar surface area (TPSA) is 248 Å². The molecule has 0 fully saturated rings. The standard InChI is InChI=1S/C43H56N6O10/c1-24(2)36(49-41(56)58-23-32-30-14-9-7-12-28(30)29-13-8-10-15-31(29)32)38(52)47-33(16-11-19-45-40(44)55)37(51)48-34-22-26(17-18-35(34)50)21-27(20-25(3)39(53)54)46-42(57)59-43(4,5)6/h7-10,12-15,17-18,22,24-25,27,32-33,36,50H,11,16,19-21,23H2,1-6H3,(H,46,57)(H,47,52)(H,48,51)(H,49,56)(H,53,54)(H3,44,45,55)/t25-,27+,33-,36-/m0/s1. The van der Waals surface area contributed by atoms with Crippen LogP contribution in [0.15, 0.2) is 66.7 Å². The molecule has 3 aromatic carbocycles. The lowest BCUT2D eigenvalue weighted by Crippen LogP contribution is -2.54. The van der Waals surface area contributed by atoms with E-state index in [0.717, 1.165) is 22.3 Å². The van der Waals surface area contributed by atoms with Crippen molar-refractivity contribution in [2.45, 2.75) is 96.9 Å². The number of rotatable bonds is 18. The molecular weight excluding hydrogens is 761 g/mol. The van der Waals surface area contributed by atoms with Crippen LogP contribution in [0.5, 0.6) is 5.75 Å². The molecule has 0 bridgehead atoms. The van der Waals surface area contributed by atoms with Crippen LogP contribution in [0.1, 0.15) is 83.4 Å². The molecule has 59 heavy (non-hydrogen) atoms. The van der Waals surface area contributed by atoms with Crippen molar-refractivity contribution in [2.24, 2.45) is 17.6 Å². The van der Waals surface area contributed by atoms with Crippen molar-refractivity contribution in [1.82, 2.24) is 21.3 Å². The zero-order valence-corrected chi connectivity index (χ0v) is 34.3. The number of ether oxygens (including phenoxy) is 2. The SMILES string of the molecule is CC(C)[C@H](NC(=O)OCC1c2ccccc2-c2ccccc21)C(=O)N[C@@H](CCCNC(N)=O)C(=O)Nc1cc(C[C@@H](C[C@H](C)C(=O)O)NC(=O)OC(C)(C)C)ccc1O. The summed E-state index contributed by atoms with van der Waals surface area (Å²) < 4.78 is 11.1. The van der Waals surface area contributed by atoms with Gasteiger partial charge in [0.15, 0.2) is 0 Å². The first-order chi connectivity index (χ1) is 27.8. The highest BCUT2D eigenvalue weighted by Crippen LogP contribution is 2.44. The zero-order chi connectivity index (χ0) is 43.4. The van der Waals surface area contributed by atoms with Gasteiger partial charge in [0.05, 0.1) is 11.6 Å². The van der Waals surface area contributed by atoms with Gasteiger partial charge in [0, 0.05) is 18.5 Å². The van der Waals surface area contributed by atoms with Gasteiger partial charge in [0.2, 0.25) is 11.8 Å². The third-order valence-electron chi connectivity index (χ3n) is 9.75. The molecule has 4 atom stereocenters. The second kappa shape index (κ2) is 20.4. The number of anilines is 1. The van der Waals surface area contributed by atoms with E-state index < -0.39 is 71.6 Å². The summed E-state index contributed by atoms with van der Waals surface area (Å²) in [6.07, 6.45) is -1.11. The van der Waals surface area contributed by atoms with Crippen molar-refractivity contribution >= 4 is 41.7 Å². The van der Waals surface area contributed by atoms with Crippen LogP contribution in [0.2, 0.25) is 0 Å². The molecule has 318 valence electrons. The summed E-state index contributed by atoms with van der Waals surface area (Å²) in [5, 5.41) is 33.5. The van der Waals surface area contributed by atoms with E-state index in [0.29, 0.717) is 5.56 Å². The Kier molecular flexibility index (Phi) is 15.7. The van der Waals surface area contributed by atoms with Crippen molar-refractivity contribution < 1.29 is 48.5 Å². The summed E-state index contributed by atoms with van der Waals surface area (Å²) in [5.41, 5.74) is 9.12. The Morgan fingerprint density at radius 2 is 1.46 bits per heavy atom. The van der Waals surface area contributed by atoms with Crippen LogP contribution in [0, 0.1) is 11.8 Å². The average molecular weight is 817 g/mol. The number of carboxylic acid groups (broad SMARTS) is 1. The van der Waals surface area contributed by atoms with Gasteiger partial charge in [-0.05, 0) is 92.3 Å². The highest BCUT2D eigenvalue weighted by Gasteiger charge is 2.32. The Bertz CT molecular complexity index is 1950. The summed E-state index contributed by atoms with van der Waals surface area (Å²) in [6, 6.07) is 16.4. The summed E-state index contributed by atoms with van der Waals surface area (Å²) in [6.45, 7) is 10.2. The van der Waals surface area contributed by atoms with Crippen LogP contribution in [0.3, 0.4) is 0 Å². The quantitative estimate of drug-likeness (QED) is 0.0602. The van der Waals surface area contributed by atoms with Crippen LogP contribution in [-0.2, 0) is 30.3 Å². The Labute approximate surface area is 344 Å². The van der Waals surface area contributed by atoms with Gasteiger partial charge in [-0.3, -0.25) is 14.4 Å². The zero-order valence-electron chi connectivity index (χ0n) is 34.3. The minimum absolute atomic E-state index is 0.0125. The van der Waals surface area contributed by atoms with Crippen molar-refractivity contribution in [1.29, 1.82) is 0 Å². The normalized spacial score (nSPS) is 14.1. The minimum atomic E-state index is -1.20. The van der Waals surface area contributed by atoms with Gasteiger partial charge in [-0.15, -0.1) is 0 Å². The van der Waals surface area contributed by atoms with Crippen molar-refractivity contribution in [2.75, 3.05) is 18.5 Å². The number of nitrogens with one attached hydrogen (secondary N) is 5. The number of phenols is 1. The number of hydrogen-bond acceptors (Lipinski definition) is 9. The Hall–Kier alpha value is -6.32. The molecule has 0 heterocycles. The Balaban J connectivity index is 1.47. The first-order valence-electron chi connectivity index (χ1n) is 19.6. The van der Waals surface area contributed by atoms with Crippen LogP contribution < -0.4 is 32.3 Å². The van der Waals surface area contributed by atoms with Gasteiger partial charge in [-0.2, -0.15) is 0 Å². The van der Waals surface area contributed by atoms with E-state index in [-0.39, 0.29) is 56.2 Å². The van der Waals surface area contributed by atoms with Crippen molar-refractivity contribution in [3.05, 3.63) is 83.4 Å². The number of benzene rings is 3. The molecule has 1 aliphatic rings. The minimum Gasteiger partial charge on any atom is -0.506 e. The average Bonchev–Trinajstić information content (AvgIpc) is 3.47. The van der Waals surface area contributed by atoms with Gasteiger partial charge < -0.3 is 52.0 Å². The molecular formula is C43H56N6O10. The van der Waals surface area contributed by atoms with E-state index in [9.17, 15) is 39.0 Å². The highest BCUT2D eigenvalue weighted by atomic mass is 16.6. The summed E-state index contributed by atoms with van der Waals surface area (Å²) in [5.74, 6) is -4.16. The number of carbonyl (C=O) groups is 6. The van der Waals surface area contributed by atoms with E-state index >= 15 is 0 Å². The monoisotopic (exact) mass is 816 g/mol. The smallest absolute Gasteiger partial charge is 0.407 e. The number of hydrogen-bond donors (Lipinski definition) is 8. The molecule has 16 heteroatoms.